The summed E-state index contributed by atoms with van der Waals surface area (Å²) in [5, 5.41) is 11.8. The van der Waals surface area contributed by atoms with Crippen LogP contribution in [0.3, 0.4) is 0 Å². The van der Waals surface area contributed by atoms with Crippen molar-refractivity contribution in [2.75, 3.05) is 18.0 Å². The van der Waals surface area contributed by atoms with Crippen molar-refractivity contribution in [3.8, 4) is 5.75 Å². The van der Waals surface area contributed by atoms with Crippen molar-refractivity contribution >= 4 is 11.6 Å². The first-order valence-corrected chi connectivity index (χ1v) is 5.27. The van der Waals surface area contributed by atoms with Crippen LogP contribution < -0.4 is 10.2 Å². The number of nitrogens with zero attached hydrogens (tertiary/aromatic N) is 1. The van der Waals surface area contributed by atoms with E-state index < -0.39 is 31.2 Å². The lowest BCUT2D eigenvalue weighted by Gasteiger charge is -2.38. The summed E-state index contributed by atoms with van der Waals surface area (Å²) in [7, 11) is 0. The highest BCUT2D eigenvalue weighted by molar-refractivity contribution is 5.83. The van der Waals surface area contributed by atoms with Gasteiger partial charge in [0, 0.05) is 6.54 Å². The number of para-hydroxylation sites is 2. The molecule has 1 aromatic rings. The van der Waals surface area contributed by atoms with Gasteiger partial charge in [-0.25, -0.2) is 0 Å². The van der Waals surface area contributed by atoms with Gasteiger partial charge >= 0.3 is 6.18 Å². The fourth-order valence-corrected chi connectivity index (χ4v) is 1.89. The van der Waals surface area contributed by atoms with Gasteiger partial charge < -0.3 is 15.3 Å². The van der Waals surface area contributed by atoms with E-state index in [-0.39, 0.29) is 11.4 Å². The second-order valence-corrected chi connectivity index (χ2v) is 3.98. The molecule has 1 atom stereocenters. The van der Waals surface area contributed by atoms with Gasteiger partial charge in [0.2, 0.25) is 5.91 Å². The lowest BCUT2D eigenvalue weighted by atomic mass is 10.1. The fraction of sp³-hybridized carbons (Fsp3) is 0.364. The molecule has 1 aliphatic heterocycles. The number of halogens is 3. The molecule has 1 amide bonds. The van der Waals surface area contributed by atoms with Crippen LogP contribution in [0.2, 0.25) is 0 Å². The molecule has 1 heterocycles. The smallest absolute Gasteiger partial charge is 0.410 e. The Hall–Kier alpha value is -1.92. The van der Waals surface area contributed by atoms with E-state index in [1.807, 2.05) is 0 Å². The summed E-state index contributed by atoms with van der Waals surface area (Å²) in [6.07, 6.45) is -4.48. The Morgan fingerprint density at radius 3 is 2.61 bits per heavy atom. The number of carbonyl (C=O) groups is 1. The highest BCUT2D eigenvalue weighted by atomic mass is 19.4. The van der Waals surface area contributed by atoms with Gasteiger partial charge in [0.25, 0.3) is 0 Å². The molecule has 1 saturated heterocycles. The minimum atomic E-state index is -4.48. The number of rotatable bonds is 1. The zero-order chi connectivity index (χ0) is 13.3. The number of carbonyl (C=O) groups excluding carboxylic acids is 1. The molecule has 2 rings (SSSR count). The second-order valence-electron chi connectivity index (χ2n) is 3.98. The fourth-order valence-electron chi connectivity index (χ4n) is 1.89. The van der Waals surface area contributed by atoms with Crippen LogP contribution in [-0.4, -0.2) is 36.3 Å². The number of nitrogens with one attached hydrogen (secondary N) is 1. The van der Waals surface area contributed by atoms with Crippen molar-refractivity contribution in [1.29, 1.82) is 0 Å². The number of hydrogen-bond donors (Lipinski definition) is 2. The van der Waals surface area contributed by atoms with Crippen LogP contribution in [0.4, 0.5) is 18.9 Å². The summed E-state index contributed by atoms with van der Waals surface area (Å²) in [4.78, 5) is 12.1. The number of anilines is 1. The molecule has 4 nitrogen and oxygen atoms in total. The van der Waals surface area contributed by atoms with E-state index in [1.165, 1.54) is 24.3 Å². The van der Waals surface area contributed by atoms with Gasteiger partial charge in [0.15, 0.2) is 0 Å². The molecular weight excluding hydrogens is 249 g/mol. The molecule has 0 spiro atoms. The number of phenolic OH excluding ortho intramolecular Hbond substituents is 1. The SMILES string of the molecule is O=C1CN(c2ccccc2O)C(C(F)(F)F)CN1. The third-order valence-corrected chi connectivity index (χ3v) is 2.75. The molecule has 0 radical (unpaired) electrons. The summed E-state index contributed by atoms with van der Waals surface area (Å²) >= 11 is 0. The summed E-state index contributed by atoms with van der Waals surface area (Å²) in [6.45, 7) is -0.946. The Bertz CT molecular complexity index is 462. The molecule has 0 saturated carbocycles. The summed E-state index contributed by atoms with van der Waals surface area (Å²) in [6, 6.07) is 3.83. The highest BCUT2D eigenvalue weighted by Crippen LogP contribution is 2.34. The van der Waals surface area contributed by atoms with Crippen molar-refractivity contribution in [2.45, 2.75) is 12.2 Å². The number of alkyl halides is 3. The Morgan fingerprint density at radius 1 is 1.33 bits per heavy atom. The van der Waals surface area contributed by atoms with E-state index in [0.29, 0.717) is 0 Å². The van der Waals surface area contributed by atoms with Gasteiger partial charge in [-0.15, -0.1) is 0 Å². The third kappa shape index (κ3) is 2.34. The van der Waals surface area contributed by atoms with E-state index in [4.69, 9.17) is 0 Å². The van der Waals surface area contributed by atoms with E-state index in [0.717, 1.165) is 4.90 Å². The van der Waals surface area contributed by atoms with Gasteiger partial charge in [-0.1, -0.05) is 12.1 Å². The zero-order valence-corrected chi connectivity index (χ0v) is 9.24. The first-order chi connectivity index (χ1) is 8.39. The number of aromatic hydroxyl groups is 1. The van der Waals surface area contributed by atoms with Crippen LogP contribution in [0, 0.1) is 0 Å². The topological polar surface area (TPSA) is 52.6 Å². The van der Waals surface area contributed by atoms with Crippen LogP contribution >= 0.6 is 0 Å². The average molecular weight is 260 g/mol. The first-order valence-electron chi connectivity index (χ1n) is 5.27. The van der Waals surface area contributed by atoms with Crippen molar-refractivity contribution in [3.63, 3.8) is 0 Å². The maximum absolute atomic E-state index is 12.9. The van der Waals surface area contributed by atoms with Crippen molar-refractivity contribution in [2.24, 2.45) is 0 Å². The quantitative estimate of drug-likeness (QED) is 0.799. The van der Waals surface area contributed by atoms with E-state index in [9.17, 15) is 23.1 Å². The molecule has 7 heteroatoms. The summed E-state index contributed by atoms with van der Waals surface area (Å²) in [5.74, 6) is -0.778. The lowest BCUT2D eigenvalue weighted by molar-refractivity contribution is -0.153. The number of piperazine rings is 1. The van der Waals surface area contributed by atoms with Gasteiger partial charge in [-0.05, 0) is 12.1 Å². The molecular formula is C11H11F3N2O2. The monoisotopic (exact) mass is 260 g/mol. The normalized spacial score (nSPS) is 20.7. The molecule has 98 valence electrons. The number of benzene rings is 1. The Balaban J connectivity index is 2.37. The van der Waals surface area contributed by atoms with Gasteiger partial charge in [0.05, 0.1) is 12.2 Å². The van der Waals surface area contributed by atoms with Crippen LogP contribution in [0.5, 0.6) is 5.75 Å². The average Bonchev–Trinajstić information content (AvgIpc) is 2.27. The Morgan fingerprint density at radius 2 is 2.00 bits per heavy atom. The van der Waals surface area contributed by atoms with Crippen LogP contribution in [-0.2, 0) is 4.79 Å². The minimum Gasteiger partial charge on any atom is -0.506 e. The molecule has 1 unspecified atom stereocenters. The first kappa shape index (κ1) is 12.5. The molecule has 1 fully saturated rings. The highest BCUT2D eigenvalue weighted by Gasteiger charge is 2.46. The molecule has 2 N–H and O–H groups in total. The predicted octanol–water partition coefficient (Wildman–Crippen LogP) is 1.26. The summed E-state index contributed by atoms with van der Waals surface area (Å²) in [5.41, 5.74) is 0.00896. The Kier molecular flexibility index (Phi) is 3.06. The molecule has 0 bridgehead atoms. The van der Waals surface area contributed by atoms with Crippen molar-refractivity contribution in [3.05, 3.63) is 24.3 Å². The predicted molar refractivity (Wildman–Crippen MR) is 58.3 cm³/mol. The van der Waals surface area contributed by atoms with E-state index >= 15 is 0 Å². The molecule has 1 aromatic carbocycles. The standard InChI is InChI=1S/C11H11F3N2O2/c12-11(13,14)9-5-15-10(18)6-16(9)7-3-1-2-4-8(7)17/h1-4,9,17H,5-6H2,(H,15,18). The minimum absolute atomic E-state index is 0.00896. The van der Waals surface area contributed by atoms with Crippen LogP contribution in [0.25, 0.3) is 0 Å². The third-order valence-electron chi connectivity index (χ3n) is 2.75. The van der Waals surface area contributed by atoms with Gasteiger partial charge in [-0.3, -0.25) is 4.79 Å². The number of hydrogen-bond acceptors (Lipinski definition) is 3. The zero-order valence-electron chi connectivity index (χ0n) is 9.24. The maximum Gasteiger partial charge on any atom is 0.410 e. The van der Waals surface area contributed by atoms with Gasteiger partial charge in [-0.2, -0.15) is 13.2 Å². The van der Waals surface area contributed by atoms with Crippen LogP contribution in [0.1, 0.15) is 0 Å². The summed E-state index contributed by atoms with van der Waals surface area (Å²) < 4.78 is 38.6. The molecule has 0 aliphatic carbocycles. The second kappa shape index (κ2) is 4.40. The number of phenols is 1. The van der Waals surface area contributed by atoms with Crippen LogP contribution in [0.15, 0.2) is 24.3 Å². The molecule has 0 aromatic heterocycles. The van der Waals surface area contributed by atoms with E-state index in [1.54, 1.807) is 0 Å². The Labute approximate surface area is 101 Å². The maximum atomic E-state index is 12.9. The molecule has 1 aliphatic rings. The van der Waals surface area contributed by atoms with Crippen molar-refractivity contribution < 1.29 is 23.1 Å². The van der Waals surface area contributed by atoms with Crippen molar-refractivity contribution in [1.82, 2.24) is 5.32 Å². The largest absolute Gasteiger partial charge is 0.506 e. The van der Waals surface area contributed by atoms with E-state index in [2.05, 4.69) is 5.32 Å². The van der Waals surface area contributed by atoms with Gasteiger partial charge in [0.1, 0.15) is 11.8 Å². The number of amides is 1. The molecule has 18 heavy (non-hydrogen) atoms. The lowest BCUT2D eigenvalue weighted by Crippen LogP contribution is -2.60.